The molecule has 0 rings (SSSR count). The molecule has 0 spiro atoms. The number of hydrogen-bond acceptors (Lipinski definition) is 4. The van der Waals surface area contributed by atoms with E-state index in [-0.39, 0.29) is 5.57 Å². The van der Waals surface area contributed by atoms with Crippen LogP contribution in [0.15, 0.2) is 11.5 Å². The van der Waals surface area contributed by atoms with Crippen LogP contribution in [0.3, 0.4) is 0 Å². The lowest BCUT2D eigenvalue weighted by atomic mass is 10.3. The normalized spacial score (nSPS) is 11.9. The number of carbonyl (C=O) groups is 1. The van der Waals surface area contributed by atoms with Crippen molar-refractivity contribution in [2.75, 3.05) is 14.2 Å². The highest BCUT2D eigenvalue weighted by Crippen LogP contribution is 2.01. The molecule has 10 heavy (non-hydrogen) atoms. The number of esters is 1. The summed E-state index contributed by atoms with van der Waals surface area (Å²) < 4.78 is 8.67. The summed E-state index contributed by atoms with van der Waals surface area (Å²) in [6.07, 6.45) is 0. The molecule has 0 saturated heterocycles. The highest BCUT2D eigenvalue weighted by atomic mass is 16.6. The molecule has 0 unspecified atom stereocenters. The summed E-state index contributed by atoms with van der Waals surface area (Å²) in [7, 11) is 2.50. The highest BCUT2D eigenvalue weighted by Gasteiger charge is 2.09. The van der Waals surface area contributed by atoms with Gasteiger partial charge in [0.15, 0.2) is 0 Å². The predicted molar refractivity (Wildman–Crippen MR) is 34.4 cm³/mol. The van der Waals surface area contributed by atoms with Crippen LogP contribution in [0, 0.1) is 0 Å². The van der Waals surface area contributed by atoms with Gasteiger partial charge >= 0.3 is 5.97 Å². The molecule has 0 aliphatic carbocycles. The minimum absolute atomic E-state index is 0.0602. The quantitative estimate of drug-likeness (QED) is 0.352. The maximum absolute atomic E-state index is 10.6. The average Bonchev–Trinajstić information content (AvgIpc) is 2.00. The Kier molecular flexibility index (Phi) is 3.32. The van der Waals surface area contributed by atoms with Crippen molar-refractivity contribution in [2.45, 2.75) is 6.92 Å². The first-order valence-corrected chi connectivity index (χ1v) is 2.65. The zero-order chi connectivity index (χ0) is 8.15. The fraction of sp³-hybridized carbons (Fsp3) is 0.500. The van der Waals surface area contributed by atoms with Gasteiger partial charge in [-0.15, -0.1) is 0 Å². The van der Waals surface area contributed by atoms with Crippen LogP contribution in [0.2, 0.25) is 0 Å². The topological polar surface area (TPSA) is 55.8 Å². The Labute approximate surface area is 59.1 Å². The van der Waals surface area contributed by atoms with Crippen molar-refractivity contribution in [2.24, 2.45) is 0 Å². The molecule has 0 aromatic carbocycles. The third-order valence-corrected chi connectivity index (χ3v) is 1.01. The lowest BCUT2D eigenvalue weighted by Gasteiger charge is -2.00. The smallest absolute Gasteiger partial charge is 0.340 e. The largest absolute Gasteiger partial charge is 0.481 e. The summed E-state index contributed by atoms with van der Waals surface area (Å²) in [4.78, 5) is 10.6. The van der Waals surface area contributed by atoms with Crippen LogP contribution in [0.4, 0.5) is 0 Å². The molecule has 4 heteroatoms. The number of ether oxygens (including phenoxy) is 2. The van der Waals surface area contributed by atoms with Crippen LogP contribution in [-0.2, 0) is 14.3 Å². The van der Waals surface area contributed by atoms with Gasteiger partial charge in [0.25, 0.3) is 5.95 Å². The second kappa shape index (κ2) is 3.76. The van der Waals surface area contributed by atoms with Crippen LogP contribution in [0.5, 0.6) is 0 Å². The summed E-state index contributed by atoms with van der Waals surface area (Å²) in [5, 5.41) is 8.78. The first-order chi connectivity index (χ1) is 4.63. The van der Waals surface area contributed by atoms with Gasteiger partial charge in [-0.05, 0) is 6.92 Å². The lowest BCUT2D eigenvalue weighted by molar-refractivity contribution is -0.136. The second-order valence-electron chi connectivity index (χ2n) is 1.63. The third kappa shape index (κ3) is 1.97. The zero-order valence-corrected chi connectivity index (χ0v) is 6.17. The van der Waals surface area contributed by atoms with Gasteiger partial charge in [-0.3, -0.25) is 0 Å². The van der Waals surface area contributed by atoms with E-state index in [4.69, 9.17) is 5.11 Å². The molecule has 4 nitrogen and oxygen atoms in total. The molecule has 0 aromatic rings. The Morgan fingerprint density at radius 2 is 1.80 bits per heavy atom. The van der Waals surface area contributed by atoms with Gasteiger partial charge in [0.05, 0.1) is 14.2 Å². The van der Waals surface area contributed by atoms with Crippen LogP contribution >= 0.6 is 0 Å². The summed E-state index contributed by atoms with van der Waals surface area (Å²) in [5.41, 5.74) is 0.0602. The fourth-order valence-corrected chi connectivity index (χ4v) is 0.393. The van der Waals surface area contributed by atoms with E-state index in [1.165, 1.54) is 21.1 Å². The summed E-state index contributed by atoms with van der Waals surface area (Å²) >= 11 is 0. The maximum Gasteiger partial charge on any atom is 0.340 e. The predicted octanol–water partition coefficient (Wildman–Crippen LogP) is 0.595. The Morgan fingerprint density at radius 1 is 1.30 bits per heavy atom. The molecule has 0 atom stereocenters. The molecule has 0 aromatic heterocycles. The SMILES string of the molecule is COC(=O)C(C)=C(O)OC. The Bertz CT molecular complexity index is 159. The van der Waals surface area contributed by atoms with Crippen molar-refractivity contribution in [3.8, 4) is 0 Å². The fourth-order valence-electron chi connectivity index (χ4n) is 0.393. The summed E-state index contributed by atoms with van der Waals surface area (Å²) in [5.74, 6) is -1.01. The van der Waals surface area contributed by atoms with Gasteiger partial charge in [-0.2, -0.15) is 0 Å². The molecule has 0 amide bonds. The van der Waals surface area contributed by atoms with E-state index in [0.717, 1.165) is 0 Å². The molecule has 0 saturated carbocycles. The van der Waals surface area contributed by atoms with Gasteiger partial charge in [0.1, 0.15) is 5.57 Å². The van der Waals surface area contributed by atoms with E-state index in [1.54, 1.807) is 0 Å². The average molecular weight is 146 g/mol. The third-order valence-electron chi connectivity index (χ3n) is 1.01. The van der Waals surface area contributed by atoms with Crippen LogP contribution < -0.4 is 0 Å². The van der Waals surface area contributed by atoms with Gasteiger partial charge in [0, 0.05) is 0 Å². The molecule has 0 heterocycles. The molecule has 0 aliphatic rings. The van der Waals surface area contributed by atoms with Crippen molar-refractivity contribution >= 4 is 5.97 Å². The van der Waals surface area contributed by atoms with Crippen molar-refractivity contribution in [3.05, 3.63) is 11.5 Å². The van der Waals surface area contributed by atoms with E-state index < -0.39 is 11.9 Å². The Balaban J connectivity index is 4.30. The van der Waals surface area contributed by atoms with Gasteiger partial charge in [-0.25, -0.2) is 4.79 Å². The number of aliphatic hydroxyl groups excluding tert-OH is 1. The molecular weight excluding hydrogens is 136 g/mol. The van der Waals surface area contributed by atoms with Crippen molar-refractivity contribution < 1.29 is 19.4 Å². The van der Waals surface area contributed by atoms with E-state index >= 15 is 0 Å². The monoisotopic (exact) mass is 146 g/mol. The maximum atomic E-state index is 10.6. The molecule has 58 valence electrons. The first-order valence-electron chi connectivity index (χ1n) is 2.65. The van der Waals surface area contributed by atoms with Crippen LogP contribution in [0.25, 0.3) is 0 Å². The highest BCUT2D eigenvalue weighted by molar-refractivity contribution is 5.87. The number of hydrogen-bond donors (Lipinski definition) is 1. The summed E-state index contributed by atoms with van der Waals surface area (Å²) in [6, 6.07) is 0. The minimum atomic E-state index is -0.598. The Hall–Kier alpha value is -1.19. The standard InChI is InChI=1S/C6H10O4/c1-4(5(7)9-2)6(8)10-3/h7H,1-3H3. The van der Waals surface area contributed by atoms with Gasteiger partial charge < -0.3 is 14.6 Å². The van der Waals surface area contributed by atoms with Crippen LogP contribution in [0.1, 0.15) is 6.92 Å². The van der Waals surface area contributed by atoms with Crippen molar-refractivity contribution in [1.29, 1.82) is 0 Å². The number of aliphatic hydroxyl groups is 1. The van der Waals surface area contributed by atoms with Crippen molar-refractivity contribution in [3.63, 3.8) is 0 Å². The molecule has 0 radical (unpaired) electrons. The minimum Gasteiger partial charge on any atom is -0.481 e. The molecule has 0 aliphatic heterocycles. The van der Waals surface area contributed by atoms with E-state index in [1.807, 2.05) is 0 Å². The molecule has 0 fully saturated rings. The van der Waals surface area contributed by atoms with E-state index in [0.29, 0.717) is 0 Å². The Morgan fingerprint density at radius 3 is 2.10 bits per heavy atom. The lowest BCUT2D eigenvalue weighted by Crippen LogP contribution is -2.05. The zero-order valence-electron chi connectivity index (χ0n) is 6.17. The molecular formula is C6H10O4. The molecule has 0 bridgehead atoms. The second-order valence-corrected chi connectivity index (χ2v) is 1.63. The number of methoxy groups -OCH3 is 2. The number of rotatable bonds is 2. The van der Waals surface area contributed by atoms with E-state index in [2.05, 4.69) is 9.47 Å². The van der Waals surface area contributed by atoms with Gasteiger partial charge in [0.2, 0.25) is 0 Å². The first kappa shape index (κ1) is 8.81. The number of carbonyl (C=O) groups excluding carboxylic acids is 1. The van der Waals surface area contributed by atoms with E-state index in [9.17, 15) is 4.79 Å². The summed E-state index contributed by atoms with van der Waals surface area (Å²) in [6.45, 7) is 1.41. The van der Waals surface area contributed by atoms with Gasteiger partial charge in [-0.1, -0.05) is 0 Å². The van der Waals surface area contributed by atoms with Crippen LogP contribution in [-0.4, -0.2) is 25.3 Å². The molecule has 1 N–H and O–H groups in total. The van der Waals surface area contributed by atoms with Crippen molar-refractivity contribution in [1.82, 2.24) is 0 Å².